The third-order valence-electron chi connectivity index (χ3n) is 8.98. The molecule has 0 fully saturated rings. The van der Waals surface area contributed by atoms with Gasteiger partial charge in [0.2, 0.25) is 5.91 Å². The van der Waals surface area contributed by atoms with Gasteiger partial charge in [-0.3, -0.25) is 19.3 Å². The van der Waals surface area contributed by atoms with Crippen LogP contribution in [-0.2, 0) is 36.9 Å². The van der Waals surface area contributed by atoms with Crippen LogP contribution in [0.2, 0.25) is 0 Å². The van der Waals surface area contributed by atoms with Crippen molar-refractivity contribution in [3.8, 4) is 5.75 Å². The van der Waals surface area contributed by atoms with Gasteiger partial charge in [0.15, 0.2) is 5.96 Å². The van der Waals surface area contributed by atoms with E-state index in [1.54, 1.807) is 13.1 Å². The summed E-state index contributed by atoms with van der Waals surface area (Å²) in [5.74, 6) is 0.613. The molecule has 1 unspecified atom stereocenters. The standard InChI is InChI=1S/C30H43N5O4S.C11H22N2O3.C3H6/c1-19-20(2)27(21(3)23-14-15-30(4,5)39-26(19)23)40-35-29(31)33-16-10-13-24(32-6)28(37)34-17-25(36)38-18-22-11-8-7-9-12-22;1-11(2,3)16-10(15)13-7-5-4-6-9(12)8-14;1-3-2/h7-9,11-12,24,32H,10,13-18H2,1-6H3,(H,34,37)(H3,31,33,35);8-9H,4-7,12H2,1-3H3,(H,13,15);3H,1H2,2H3/t24-;;/m1../s1. The third kappa shape index (κ3) is 21.3. The van der Waals surface area contributed by atoms with Crippen LogP contribution in [0.4, 0.5) is 4.79 Å². The Morgan fingerprint density at radius 2 is 1.69 bits per heavy atom. The maximum atomic E-state index is 12.5. The molecule has 0 aromatic heterocycles. The number of amides is 2. The first kappa shape index (κ1) is 52.4. The van der Waals surface area contributed by atoms with Gasteiger partial charge in [-0.2, -0.15) is 0 Å². The number of carbonyl (C=O) groups is 4. The number of aldehydes is 1. The number of benzene rings is 2. The summed E-state index contributed by atoms with van der Waals surface area (Å²) in [7, 11) is 1.71. The molecule has 15 heteroatoms. The Labute approximate surface area is 357 Å². The van der Waals surface area contributed by atoms with Gasteiger partial charge < -0.3 is 46.4 Å². The maximum Gasteiger partial charge on any atom is 0.407 e. The van der Waals surface area contributed by atoms with Crippen LogP contribution >= 0.6 is 11.9 Å². The Bertz CT molecular complexity index is 1660. The second kappa shape index (κ2) is 27.2. The smallest absolute Gasteiger partial charge is 0.407 e. The molecule has 1 aliphatic heterocycles. The van der Waals surface area contributed by atoms with E-state index in [4.69, 9.17) is 25.7 Å². The molecular weight excluding hydrogens is 771 g/mol. The number of likely N-dealkylation sites (N-methyl/N-ethyl adjacent to an activating group) is 1. The number of nitrogens with one attached hydrogen (secondary N) is 4. The number of unbranched alkanes of at least 4 members (excludes halogenated alkanes) is 1. The number of hydrogen-bond acceptors (Lipinski definition) is 11. The minimum Gasteiger partial charge on any atom is -0.487 e. The van der Waals surface area contributed by atoms with Gasteiger partial charge in [-0.05, 0) is 154 Å². The summed E-state index contributed by atoms with van der Waals surface area (Å²) in [5.41, 5.74) is 16.6. The van der Waals surface area contributed by atoms with Crippen LogP contribution in [0.25, 0.3) is 0 Å². The van der Waals surface area contributed by atoms with Crippen LogP contribution in [0.15, 0.2) is 52.9 Å². The number of carbonyl (C=O) groups excluding carboxylic acids is 4. The number of rotatable bonds is 18. The SMILES string of the molecule is C=CC.CC(C)(C)OC(=O)NCCCCC(N)C=O.CN[C@H](CCCN=C(N)NSc1c(C)c(C)c2c(c1C)CCC(C)(C)O2)C(=O)NCC(=O)OCc1ccccc1. The van der Waals surface area contributed by atoms with Crippen LogP contribution in [-0.4, -0.2) is 80.2 Å². The summed E-state index contributed by atoms with van der Waals surface area (Å²) in [6, 6.07) is 8.57. The number of fused-ring (bicyclic) bond motifs is 1. The predicted octanol–water partition coefficient (Wildman–Crippen LogP) is 6.25. The van der Waals surface area contributed by atoms with Gasteiger partial charge >= 0.3 is 12.1 Å². The number of guanidine groups is 1. The van der Waals surface area contributed by atoms with E-state index < -0.39 is 23.7 Å². The van der Waals surface area contributed by atoms with Crippen LogP contribution in [0, 0.1) is 20.8 Å². The van der Waals surface area contributed by atoms with E-state index in [0.29, 0.717) is 38.3 Å². The molecule has 0 saturated carbocycles. The molecule has 2 atom stereocenters. The van der Waals surface area contributed by atoms with Gasteiger partial charge in [0, 0.05) is 18.0 Å². The Balaban J connectivity index is 0.000000766. The predicted molar refractivity (Wildman–Crippen MR) is 238 cm³/mol. The number of aliphatic imine (C=N–C) groups is 1. The highest BCUT2D eigenvalue weighted by Crippen LogP contribution is 2.43. The molecule has 0 saturated heterocycles. The zero-order chi connectivity index (χ0) is 44.6. The van der Waals surface area contributed by atoms with E-state index in [-0.39, 0.29) is 30.7 Å². The Hall–Kier alpha value is -4.60. The molecular formula is C44H71N7O7S. The third-order valence-corrected chi connectivity index (χ3v) is 10.1. The van der Waals surface area contributed by atoms with Crippen LogP contribution in [0.5, 0.6) is 5.75 Å². The number of alkyl carbamates (subject to hydrolysis) is 1. The zero-order valence-electron chi connectivity index (χ0n) is 37.0. The molecule has 2 amide bonds. The fraction of sp³-hybridized carbons (Fsp3) is 0.568. The lowest BCUT2D eigenvalue weighted by atomic mass is 9.88. The molecule has 2 aromatic carbocycles. The molecule has 0 bridgehead atoms. The summed E-state index contributed by atoms with van der Waals surface area (Å²) < 4.78 is 19.8. The quantitative estimate of drug-likeness (QED) is 0.0187. The number of allylic oxidation sites excluding steroid dienone is 1. The van der Waals surface area contributed by atoms with E-state index in [2.05, 4.69) is 66.9 Å². The number of ether oxygens (including phenoxy) is 3. The summed E-state index contributed by atoms with van der Waals surface area (Å²) in [5, 5.41) is 8.27. The fourth-order valence-electron chi connectivity index (χ4n) is 5.69. The molecule has 0 spiro atoms. The van der Waals surface area contributed by atoms with Crippen molar-refractivity contribution in [2.24, 2.45) is 16.5 Å². The molecule has 0 aliphatic carbocycles. The maximum absolute atomic E-state index is 12.5. The van der Waals surface area contributed by atoms with Crippen molar-refractivity contribution < 1.29 is 33.4 Å². The van der Waals surface area contributed by atoms with E-state index in [1.165, 1.54) is 28.6 Å². The Morgan fingerprint density at radius 1 is 1.03 bits per heavy atom. The van der Waals surface area contributed by atoms with Crippen LogP contribution in [0.3, 0.4) is 0 Å². The number of nitrogens with zero attached hydrogens (tertiary/aromatic N) is 1. The topological polar surface area (TPSA) is 208 Å². The van der Waals surface area contributed by atoms with Crippen molar-refractivity contribution in [2.75, 3.05) is 26.7 Å². The molecule has 330 valence electrons. The van der Waals surface area contributed by atoms with Gasteiger partial charge in [-0.1, -0.05) is 36.4 Å². The second-order valence-corrected chi connectivity index (χ2v) is 16.6. The summed E-state index contributed by atoms with van der Waals surface area (Å²) in [4.78, 5) is 51.5. The summed E-state index contributed by atoms with van der Waals surface area (Å²) >= 11 is 1.47. The number of esters is 1. The van der Waals surface area contributed by atoms with Crippen molar-refractivity contribution in [3.05, 3.63) is 70.8 Å². The number of nitrogens with two attached hydrogens (primary N) is 2. The van der Waals surface area contributed by atoms with E-state index in [9.17, 15) is 19.2 Å². The molecule has 3 rings (SSSR count). The van der Waals surface area contributed by atoms with Crippen molar-refractivity contribution >= 4 is 42.2 Å². The van der Waals surface area contributed by atoms with Crippen molar-refractivity contribution in [1.29, 1.82) is 0 Å². The molecule has 1 aliphatic rings. The number of hydrogen-bond donors (Lipinski definition) is 6. The molecule has 2 aromatic rings. The molecule has 59 heavy (non-hydrogen) atoms. The highest BCUT2D eigenvalue weighted by molar-refractivity contribution is 7.98. The van der Waals surface area contributed by atoms with E-state index in [1.807, 2.05) is 58.0 Å². The lowest BCUT2D eigenvalue weighted by Gasteiger charge is -2.35. The molecule has 1 heterocycles. The van der Waals surface area contributed by atoms with Crippen molar-refractivity contribution in [1.82, 2.24) is 20.7 Å². The van der Waals surface area contributed by atoms with Gasteiger partial charge in [-0.15, -0.1) is 6.58 Å². The first-order valence-corrected chi connectivity index (χ1v) is 21.0. The highest BCUT2D eigenvalue weighted by atomic mass is 32.2. The van der Waals surface area contributed by atoms with Gasteiger partial charge in [-0.25, -0.2) is 4.79 Å². The minimum atomic E-state index is -0.482. The largest absolute Gasteiger partial charge is 0.487 e. The van der Waals surface area contributed by atoms with E-state index in [0.717, 1.165) is 53.7 Å². The van der Waals surface area contributed by atoms with Gasteiger partial charge in [0.1, 0.15) is 36.4 Å². The summed E-state index contributed by atoms with van der Waals surface area (Å²) in [6.07, 6.45) is 7.50. The lowest BCUT2D eigenvalue weighted by Crippen LogP contribution is -2.44. The van der Waals surface area contributed by atoms with Gasteiger partial charge in [0.25, 0.3) is 0 Å². The minimum absolute atomic E-state index is 0.151. The molecule has 14 nitrogen and oxygen atoms in total. The van der Waals surface area contributed by atoms with Crippen LogP contribution in [0.1, 0.15) is 108 Å². The average Bonchev–Trinajstić information content (AvgIpc) is 3.18. The highest BCUT2D eigenvalue weighted by Gasteiger charge is 2.31. The zero-order valence-corrected chi connectivity index (χ0v) is 37.9. The van der Waals surface area contributed by atoms with Crippen molar-refractivity contribution in [2.45, 2.75) is 142 Å². The fourth-order valence-corrected chi connectivity index (χ4v) is 6.54. The average molecular weight is 842 g/mol. The second-order valence-electron chi connectivity index (χ2n) is 15.8. The van der Waals surface area contributed by atoms with Gasteiger partial charge in [0.05, 0.1) is 12.1 Å². The first-order chi connectivity index (χ1) is 27.8. The first-order valence-electron chi connectivity index (χ1n) is 20.2. The monoisotopic (exact) mass is 842 g/mol. The normalized spacial score (nSPS) is 13.9. The van der Waals surface area contributed by atoms with Crippen molar-refractivity contribution in [3.63, 3.8) is 0 Å². The molecule has 0 radical (unpaired) electrons. The lowest BCUT2D eigenvalue weighted by molar-refractivity contribution is -0.145. The molecule has 8 N–H and O–H groups in total. The Morgan fingerprint density at radius 3 is 2.31 bits per heavy atom. The van der Waals surface area contributed by atoms with E-state index >= 15 is 0 Å². The Kier molecular flexibility index (Phi) is 24.2. The van der Waals surface area contributed by atoms with Crippen LogP contribution < -0.4 is 36.9 Å². The summed E-state index contributed by atoms with van der Waals surface area (Å²) in [6.45, 7) is 22.3.